The highest BCUT2D eigenvalue weighted by Crippen LogP contribution is 2.38. The third kappa shape index (κ3) is 10.9. The lowest BCUT2D eigenvalue weighted by atomic mass is 9.82. The molecule has 8 heteroatoms. The fraction of sp³-hybridized carbons (Fsp3) is 0.533. The molecule has 1 rings (SSSR count). The van der Waals surface area contributed by atoms with Gasteiger partial charge in [0.1, 0.15) is 17.3 Å². The number of Topliss-reactive ketones (excluding diaryl/α,β-unsaturated/α-hetero) is 1. The Labute approximate surface area is 226 Å². The molecule has 1 aromatic rings. The van der Waals surface area contributed by atoms with Crippen molar-refractivity contribution in [3.63, 3.8) is 0 Å². The lowest BCUT2D eigenvalue weighted by Gasteiger charge is -2.22. The smallest absolute Gasteiger partial charge is 0.341 e. The predicted molar refractivity (Wildman–Crippen MR) is 150 cm³/mol. The van der Waals surface area contributed by atoms with E-state index in [4.69, 9.17) is 14.9 Å². The molecule has 0 aromatic heterocycles. The first-order chi connectivity index (χ1) is 17.8. The molecule has 0 saturated carbocycles. The van der Waals surface area contributed by atoms with Gasteiger partial charge in [-0.15, -0.1) is 0 Å². The molecule has 0 spiro atoms. The van der Waals surface area contributed by atoms with Gasteiger partial charge in [0.15, 0.2) is 6.61 Å². The highest BCUT2D eigenvalue weighted by Gasteiger charge is 2.21. The van der Waals surface area contributed by atoms with E-state index in [2.05, 4.69) is 4.99 Å². The topological polar surface area (TPSA) is 133 Å². The van der Waals surface area contributed by atoms with Crippen LogP contribution in [0.25, 0.3) is 0 Å². The number of phenolic OH excluding ortho intramolecular Hbond substituents is 1. The lowest BCUT2D eigenvalue weighted by molar-refractivity contribution is -0.139. The number of carboxylic acid groups (broad SMARTS) is 2. The molecule has 1 aromatic carbocycles. The van der Waals surface area contributed by atoms with Crippen molar-refractivity contribution >= 4 is 23.9 Å². The zero-order valence-corrected chi connectivity index (χ0v) is 23.6. The van der Waals surface area contributed by atoms with Gasteiger partial charge in [-0.25, -0.2) is 4.79 Å². The number of aromatic hydroxyl groups is 1. The molecule has 0 saturated heterocycles. The van der Waals surface area contributed by atoms with Crippen LogP contribution in [0.15, 0.2) is 28.8 Å². The molecule has 8 nitrogen and oxygen atoms in total. The summed E-state index contributed by atoms with van der Waals surface area (Å²) >= 11 is 0. The summed E-state index contributed by atoms with van der Waals surface area (Å²) in [7, 11) is 0. The minimum Gasteiger partial charge on any atom is -0.507 e. The van der Waals surface area contributed by atoms with Crippen molar-refractivity contribution in [3.05, 3.63) is 46.1 Å². The van der Waals surface area contributed by atoms with Crippen molar-refractivity contribution < 1.29 is 34.4 Å². The first-order valence-electron chi connectivity index (χ1n) is 13.1. The van der Waals surface area contributed by atoms with Gasteiger partial charge in [-0.05, 0) is 69.9 Å². The van der Waals surface area contributed by atoms with Gasteiger partial charge in [-0.2, -0.15) is 0 Å². The molecule has 0 aliphatic heterocycles. The van der Waals surface area contributed by atoms with E-state index in [0.29, 0.717) is 42.7 Å². The maximum atomic E-state index is 11.7. The molecule has 0 radical (unpaired) electrons. The van der Waals surface area contributed by atoms with E-state index in [0.717, 1.165) is 36.0 Å². The fourth-order valence-corrected chi connectivity index (χ4v) is 4.07. The van der Waals surface area contributed by atoms with Crippen molar-refractivity contribution in [1.82, 2.24) is 0 Å². The van der Waals surface area contributed by atoms with Crippen LogP contribution in [0.3, 0.4) is 0 Å². The van der Waals surface area contributed by atoms with Gasteiger partial charge in [0.25, 0.3) is 0 Å². The van der Waals surface area contributed by atoms with Gasteiger partial charge in [0.2, 0.25) is 0 Å². The number of hydrogen-bond donors (Lipinski definition) is 3. The molecule has 0 heterocycles. The summed E-state index contributed by atoms with van der Waals surface area (Å²) in [4.78, 5) is 37.9. The Morgan fingerprint density at radius 1 is 1.03 bits per heavy atom. The summed E-state index contributed by atoms with van der Waals surface area (Å²) in [5.41, 5.74) is 3.19. The number of hydrogen-bond acceptors (Lipinski definition) is 6. The standard InChI is InChI=1S/C30H43NO7/c1-7-30(6,17-21(3)32)15-14-20(2)12-13-24-28(37)25(18-31-16-10-8-9-11-26(33)34)22(4)23(5)29(24)38-19-27(35)36/h12,14-15,18,37H,7-11,13,16-17,19H2,1-6H3,(H,33,34)(H,35,36)/b15-14+,20-12+,31-18?/t30-/m1/s1. The Hall–Kier alpha value is -3.42. The summed E-state index contributed by atoms with van der Waals surface area (Å²) < 4.78 is 5.61. The number of allylic oxidation sites excluding steroid dienone is 4. The van der Waals surface area contributed by atoms with E-state index in [9.17, 15) is 19.5 Å². The predicted octanol–water partition coefficient (Wildman–Crippen LogP) is 5.98. The number of carbonyl (C=O) groups excluding carboxylic acids is 1. The Morgan fingerprint density at radius 2 is 1.71 bits per heavy atom. The number of phenols is 1. The molecular weight excluding hydrogens is 486 g/mol. The first kappa shape index (κ1) is 32.6. The monoisotopic (exact) mass is 529 g/mol. The highest BCUT2D eigenvalue weighted by molar-refractivity contribution is 5.88. The number of ketones is 1. The van der Waals surface area contributed by atoms with Crippen LogP contribution in [-0.4, -0.2) is 52.4 Å². The van der Waals surface area contributed by atoms with Crippen LogP contribution in [0.4, 0.5) is 0 Å². The molecule has 3 N–H and O–H groups in total. The van der Waals surface area contributed by atoms with Gasteiger partial charge in [-0.3, -0.25) is 14.6 Å². The van der Waals surface area contributed by atoms with Crippen molar-refractivity contribution in [2.24, 2.45) is 10.4 Å². The first-order valence-corrected chi connectivity index (χ1v) is 13.1. The highest BCUT2D eigenvalue weighted by atomic mass is 16.5. The van der Waals surface area contributed by atoms with E-state index < -0.39 is 18.5 Å². The molecule has 0 amide bonds. The molecule has 0 aliphatic carbocycles. The second-order valence-electron chi connectivity index (χ2n) is 10.1. The van der Waals surface area contributed by atoms with Crippen LogP contribution >= 0.6 is 0 Å². The Balaban J connectivity index is 3.25. The average Bonchev–Trinajstić information content (AvgIpc) is 2.83. The third-order valence-electron chi connectivity index (χ3n) is 6.70. The lowest BCUT2D eigenvalue weighted by Crippen LogP contribution is -2.15. The summed E-state index contributed by atoms with van der Waals surface area (Å²) in [6, 6.07) is 0. The normalized spacial score (nSPS) is 13.7. The van der Waals surface area contributed by atoms with Crippen LogP contribution in [0, 0.1) is 19.3 Å². The second kappa shape index (κ2) is 15.7. The van der Waals surface area contributed by atoms with E-state index in [1.54, 1.807) is 13.1 Å². The third-order valence-corrected chi connectivity index (χ3v) is 6.70. The summed E-state index contributed by atoms with van der Waals surface area (Å²) in [5, 5.41) is 29.1. The average molecular weight is 530 g/mol. The maximum Gasteiger partial charge on any atom is 0.341 e. The zero-order valence-electron chi connectivity index (χ0n) is 23.6. The maximum absolute atomic E-state index is 11.7. The Bertz CT molecular complexity index is 1080. The molecular formula is C30H43NO7. The fourth-order valence-electron chi connectivity index (χ4n) is 4.07. The number of carboxylic acids is 2. The largest absolute Gasteiger partial charge is 0.507 e. The van der Waals surface area contributed by atoms with Gasteiger partial charge < -0.3 is 20.1 Å². The number of benzene rings is 1. The van der Waals surface area contributed by atoms with Crippen LogP contribution in [0.5, 0.6) is 11.5 Å². The summed E-state index contributed by atoms with van der Waals surface area (Å²) in [5.74, 6) is -1.45. The molecule has 1 atom stereocenters. The van der Waals surface area contributed by atoms with E-state index in [-0.39, 0.29) is 23.4 Å². The van der Waals surface area contributed by atoms with Crippen LogP contribution in [0.1, 0.15) is 88.5 Å². The minimum atomic E-state index is -1.11. The Kier molecular flexibility index (Phi) is 13.5. The van der Waals surface area contributed by atoms with Crippen molar-refractivity contribution in [2.75, 3.05) is 13.2 Å². The zero-order chi connectivity index (χ0) is 28.9. The van der Waals surface area contributed by atoms with Gasteiger partial charge in [0.05, 0.1) is 0 Å². The van der Waals surface area contributed by atoms with Crippen LogP contribution in [-0.2, 0) is 20.8 Å². The molecule has 210 valence electrons. The number of aliphatic carboxylic acids is 2. The second-order valence-corrected chi connectivity index (χ2v) is 10.1. The Morgan fingerprint density at radius 3 is 2.29 bits per heavy atom. The van der Waals surface area contributed by atoms with Gasteiger partial charge in [0, 0.05) is 36.7 Å². The molecule has 38 heavy (non-hydrogen) atoms. The quantitative estimate of drug-likeness (QED) is 0.128. The van der Waals surface area contributed by atoms with Crippen molar-refractivity contribution in [3.8, 4) is 11.5 Å². The number of unbranched alkanes of at least 4 members (excludes halogenated alkanes) is 2. The number of ether oxygens (including phenoxy) is 1. The van der Waals surface area contributed by atoms with Crippen molar-refractivity contribution in [1.29, 1.82) is 0 Å². The SMILES string of the molecule is CC[C@](C)(/C=C/C(C)=C/Cc1c(O)c(C=NCCCCCC(=O)O)c(C)c(C)c1OCC(=O)O)CC(C)=O. The van der Waals surface area contributed by atoms with E-state index in [1.165, 1.54) is 0 Å². The van der Waals surface area contributed by atoms with E-state index >= 15 is 0 Å². The minimum absolute atomic E-state index is 0.00822. The number of nitrogens with zero attached hydrogens (tertiary/aromatic N) is 1. The van der Waals surface area contributed by atoms with Crippen LogP contribution < -0.4 is 4.74 Å². The van der Waals surface area contributed by atoms with Crippen LogP contribution in [0.2, 0.25) is 0 Å². The molecule has 0 aliphatic rings. The summed E-state index contributed by atoms with van der Waals surface area (Å²) in [6.45, 7) is 11.2. The molecule has 0 fully saturated rings. The number of carbonyl (C=O) groups is 3. The molecule has 0 unspecified atom stereocenters. The van der Waals surface area contributed by atoms with Gasteiger partial charge >= 0.3 is 11.9 Å². The number of rotatable bonds is 17. The molecule has 0 bridgehead atoms. The van der Waals surface area contributed by atoms with Gasteiger partial charge in [-0.1, -0.05) is 44.1 Å². The van der Waals surface area contributed by atoms with E-state index in [1.807, 2.05) is 52.8 Å². The summed E-state index contributed by atoms with van der Waals surface area (Å²) in [6.07, 6.45) is 11.4. The number of aliphatic imine (C=N–C) groups is 1. The van der Waals surface area contributed by atoms with Crippen molar-refractivity contribution in [2.45, 2.75) is 86.5 Å².